The lowest BCUT2D eigenvalue weighted by atomic mass is 9.95. The van der Waals surface area contributed by atoms with Crippen LogP contribution in [-0.2, 0) is 4.79 Å². The molecule has 1 aliphatic rings. The first-order chi connectivity index (χ1) is 12.9. The zero-order valence-electron chi connectivity index (χ0n) is 14.8. The molecule has 2 amide bonds. The molecule has 0 spiro atoms. The number of benzene rings is 2. The lowest BCUT2D eigenvalue weighted by molar-refractivity contribution is -0.121. The van der Waals surface area contributed by atoms with Crippen LogP contribution in [0.15, 0.2) is 36.4 Å². The maximum Gasteiger partial charge on any atom is 0.253 e. The summed E-state index contributed by atoms with van der Waals surface area (Å²) in [6, 6.07) is 8.43. The first kappa shape index (κ1) is 19.3. The predicted octanol–water partition coefficient (Wildman–Crippen LogP) is 4.42. The maximum absolute atomic E-state index is 13.3. The number of amides is 2. The second-order valence-corrected chi connectivity index (χ2v) is 7.00. The lowest BCUT2D eigenvalue weighted by Crippen LogP contribution is -2.41. The van der Waals surface area contributed by atoms with Crippen molar-refractivity contribution in [2.75, 3.05) is 18.4 Å². The van der Waals surface area contributed by atoms with Crippen LogP contribution < -0.4 is 5.32 Å². The Morgan fingerprint density at radius 1 is 1.11 bits per heavy atom. The summed E-state index contributed by atoms with van der Waals surface area (Å²) in [5.41, 5.74) is 1.58. The molecule has 1 N–H and O–H groups in total. The van der Waals surface area contributed by atoms with Gasteiger partial charge in [0.05, 0.1) is 0 Å². The van der Waals surface area contributed by atoms with Gasteiger partial charge in [-0.2, -0.15) is 0 Å². The highest BCUT2D eigenvalue weighted by Crippen LogP contribution is 2.26. The van der Waals surface area contributed by atoms with Crippen molar-refractivity contribution in [3.63, 3.8) is 0 Å². The molecule has 27 heavy (non-hydrogen) atoms. The molecule has 0 aliphatic carbocycles. The summed E-state index contributed by atoms with van der Waals surface area (Å²) >= 11 is 6.07. The lowest BCUT2D eigenvalue weighted by Gasteiger charge is -2.31. The van der Waals surface area contributed by atoms with Crippen LogP contribution in [0.25, 0.3) is 0 Å². The van der Waals surface area contributed by atoms with Gasteiger partial charge in [0.25, 0.3) is 5.91 Å². The fraction of sp³-hybridized carbons (Fsp3) is 0.300. The molecule has 0 saturated carbocycles. The van der Waals surface area contributed by atoms with E-state index in [0.717, 1.165) is 17.7 Å². The van der Waals surface area contributed by atoms with Crippen LogP contribution in [0.2, 0.25) is 5.02 Å². The number of anilines is 1. The molecule has 7 heteroatoms. The first-order valence-electron chi connectivity index (χ1n) is 8.67. The van der Waals surface area contributed by atoms with E-state index in [1.165, 1.54) is 6.07 Å². The van der Waals surface area contributed by atoms with Crippen LogP contribution in [-0.4, -0.2) is 29.8 Å². The van der Waals surface area contributed by atoms with Gasteiger partial charge in [0.2, 0.25) is 5.91 Å². The number of rotatable bonds is 3. The minimum absolute atomic E-state index is 0.103. The highest BCUT2D eigenvalue weighted by atomic mass is 35.5. The fourth-order valence-corrected chi connectivity index (χ4v) is 3.31. The molecule has 1 aliphatic heterocycles. The third-order valence-electron chi connectivity index (χ3n) is 4.85. The largest absolute Gasteiger partial charge is 0.339 e. The van der Waals surface area contributed by atoms with Crippen molar-refractivity contribution in [3.8, 4) is 0 Å². The number of hydrogen-bond acceptors (Lipinski definition) is 2. The van der Waals surface area contributed by atoms with E-state index in [4.69, 9.17) is 11.6 Å². The SMILES string of the molecule is Cc1c(Cl)cccc1NC(=O)C1CCN(C(=O)c2ccc(F)c(F)c2)CC1. The van der Waals surface area contributed by atoms with E-state index in [2.05, 4.69) is 5.32 Å². The Morgan fingerprint density at radius 3 is 2.48 bits per heavy atom. The van der Waals surface area contributed by atoms with E-state index >= 15 is 0 Å². The van der Waals surface area contributed by atoms with Crippen LogP contribution in [0.4, 0.5) is 14.5 Å². The summed E-state index contributed by atoms with van der Waals surface area (Å²) in [6.07, 6.45) is 1.00. The molecule has 2 aromatic rings. The smallest absolute Gasteiger partial charge is 0.253 e. The number of carbonyl (C=O) groups excluding carboxylic acids is 2. The van der Waals surface area contributed by atoms with Crippen molar-refractivity contribution in [1.29, 1.82) is 0 Å². The number of halogens is 3. The number of likely N-dealkylation sites (tertiary alicyclic amines) is 1. The Labute approximate surface area is 161 Å². The standard InChI is InChI=1S/C20H19ClF2N2O2/c1-12-15(21)3-2-4-18(12)24-19(26)13-7-9-25(10-8-13)20(27)14-5-6-16(22)17(23)11-14/h2-6,11,13H,7-10H2,1H3,(H,24,26). The Kier molecular flexibility index (Phi) is 5.75. The molecule has 142 valence electrons. The van der Waals surface area contributed by atoms with Crippen LogP contribution >= 0.6 is 11.6 Å². The summed E-state index contributed by atoms with van der Waals surface area (Å²) in [5.74, 6) is -2.73. The topological polar surface area (TPSA) is 49.4 Å². The van der Waals surface area contributed by atoms with E-state index in [1.807, 2.05) is 6.92 Å². The van der Waals surface area contributed by atoms with Crippen molar-refractivity contribution >= 4 is 29.1 Å². The third kappa shape index (κ3) is 4.27. The predicted molar refractivity (Wildman–Crippen MR) is 99.8 cm³/mol. The van der Waals surface area contributed by atoms with Gasteiger partial charge >= 0.3 is 0 Å². The van der Waals surface area contributed by atoms with E-state index < -0.39 is 11.6 Å². The summed E-state index contributed by atoms with van der Waals surface area (Å²) < 4.78 is 26.4. The van der Waals surface area contributed by atoms with E-state index in [0.29, 0.717) is 36.6 Å². The number of nitrogens with zero attached hydrogens (tertiary/aromatic N) is 1. The summed E-state index contributed by atoms with van der Waals surface area (Å²) in [5, 5.41) is 3.48. The maximum atomic E-state index is 13.3. The van der Waals surface area contributed by atoms with Crippen molar-refractivity contribution in [1.82, 2.24) is 4.90 Å². The monoisotopic (exact) mass is 392 g/mol. The van der Waals surface area contributed by atoms with Crippen molar-refractivity contribution in [3.05, 3.63) is 64.2 Å². The van der Waals surface area contributed by atoms with E-state index in [9.17, 15) is 18.4 Å². The van der Waals surface area contributed by atoms with Gasteiger partial charge in [-0.25, -0.2) is 8.78 Å². The second kappa shape index (κ2) is 8.05. The summed E-state index contributed by atoms with van der Waals surface area (Å²) in [6.45, 7) is 2.59. The van der Waals surface area contributed by atoms with Crippen molar-refractivity contribution in [2.24, 2.45) is 5.92 Å². The summed E-state index contributed by atoms with van der Waals surface area (Å²) in [4.78, 5) is 26.5. The average molecular weight is 393 g/mol. The first-order valence-corrected chi connectivity index (χ1v) is 9.05. The molecule has 0 aromatic heterocycles. The number of hydrogen-bond donors (Lipinski definition) is 1. The van der Waals surface area contributed by atoms with Crippen molar-refractivity contribution < 1.29 is 18.4 Å². The Morgan fingerprint density at radius 2 is 1.81 bits per heavy atom. The number of nitrogens with one attached hydrogen (secondary N) is 1. The average Bonchev–Trinajstić information content (AvgIpc) is 2.67. The molecule has 0 bridgehead atoms. The molecule has 2 aromatic carbocycles. The van der Waals surface area contributed by atoms with Gasteiger partial charge in [0.15, 0.2) is 11.6 Å². The highest BCUT2D eigenvalue weighted by molar-refractivity contribution is 6.31. The van der Waals surface area contributed by atoms with Gasteiger partial charge in [0.1, 0.15) is 0 Å². The number of carbonyl (C=O) groups is 2. The molecular weight excluding hydrogens is 374 g/mol. The van der Waals surface area contributed by atoms with Gasteiger partial charge in [0, 0.05) is 35.3 Å². The molecule has 1 heterocycles. The minimum atomic E-state index is -1.05. The van der Waals surface area contributed by atoms with Gasteiger partial charge in [-0.05, 0) is 55.7 Å². The van der Waals surface area contributed by atoms with E-state index in [1.54, 1.807) is 23.1 Å². The second-order valence-electron chi connectivity index (χ2n) is 6.60. The quantitative estimate of drug-likeness (QED) is 0.840. The van der Waals surface area contributed by atoms with Gasteiger partial charge in [-0.3, -0.25) is 9.59 Å². The van der Waals surface area contributed by atoms with Gasteiger partial charge < -0.3 is 10.2 Å². The highest BCUT2D eigenvalue weighted by Gasteiger charge is 2.28. The zero-order valence-corrected chi connectivity index (χ0v) is 15.5. The normalized spacial score (nSPS) is 14.9. The minimum Gasteiger partial charge on any atom is -0.339 e. The molecule has 0 unspecified atom stereocenters. The van der Waals surface area contributed by atoms with Crippen LogP contribution in [0.1, 0.15) is 28.8 Å². The fourth-order valence-electron chi connectivity index (χ4n) is 3.13. The van der Waals surface area contributed by atoms with Gasteiger partial charge in [-0.1, -0.05) is 17.7 Å². The Balaban J connectivity index is 1.59. The van der Waals surface area contributed by atoms with Crippen LogP contribution in [0.3, 0.4) is 0 Å². The zero-order chi connectivity index (χ0) is 19.6. The molecule has 4 nitrogen and oxygen atoms in total. The molecule has 0 radical (unpaired) electrons. The molecular formula is C20H19ClF2N2O2. The molecule has 1 fully saturated rings. The molecule has 1 saturated heterocycles. The Bertz CT molecular complexity index is 880. The van der Waals surface area contributed by atoms with Crippen LogP contribution in [0.5, 0.6) is 0 Å². The van der Waals surface area contributed by atoms with E-state index in [-0.39, 0.29) is 23.3 Å². The third-order valence-corrected chi connectivity index (χ3v) is 5.25. The van der Waals surface area contributed by atoms with Crippen molar-refractivity contribution in [2.45, 2.75) is 19.8 Å². The van der Waals surface area contributed by atoms with Crippen LogP contribution in [0, 0.1) is 24.5 Å². The Hall–Kier alpha value is -2.47. The molecule has 0 atom stereocenters. The number of piperidine rings is 1. The summed E-state index contributed by atoms with van der Waals surface area (Å²) in [7, 11) is 0. The van der Waals surface area contributed by atoms with Gasteiger partial charge in [-0.15, -0.1) is 0 Å². The molecule has 3 rings (SSSR count).